The minimum atomic E-state index is -0.880. The molecule has 9 nitrogen and oxygen atoms in total. The van der Waals surface area contributed by atoms with E-state index in [9.17, 15) is 19.1 Å². The number of rotatable bonds is 10. The quantitative estimate of drug-likeness (QED) is 0.409. The van der Waals surface area contributed by atoms with Crippen LogP contribution in [0.3, 0.4) is 0 Å². The van der Waals surface area contributed by atoms with Gasteiger partial charge in [0.25, 0.3) is 5.91 Å². The average Bonchev–Trinajstić information content (AvgIpc) is 3.17. The number of amides is 2. The van der Waals surface area contributed by atoms with Gasteiger partial charge in [0.1, 0.15) is 18.1 Å². The third-order valence-electron chi connectivity index (χ3n) is 6.06. The van der Waals surface area contributed by atoms with Crippen molar-refractivity contribution in [1.82, 2.24) is 20.2 Å². The van der Waals surface area contributed by atoms with Gasteiger partial charge in [-0.05, 0) is 30.2 Å². The van der Waals surface area contributed by atoms with Crippen LogP contribution in [0.1, 0.15) is 42.1 Å². The molecule has 1 unspecified atom stereocenters. The summed E-state index contributed by atoms with van der Waals surface area (Å²) < 4.78 is 35.5. The lowest BCUT2D eigenvalue weighted by molar-refractivity contribution is -0.122. The van der Waals surface area contributed by atoms with E-state index in [2.05, 4.69) is 20.6 Å². The van der Waals surface area contributed by atoms with Crippen LogP contribution in [0.15, 0.2) is 18.3 Å². The van der Waals surface area contributed by atoms with Gasteiger partial charge in [0.15, 0.2) is 5.82 Å². The van der Waals surface area contributed by atoms with Gasteiger partial charge in [-0.3, -0.25) is 9.59 Å². The summed E-state index contributed by atoms with van der Waals surface area (Å²) in [5.74, 6) is -1.81. The van der Waals surface area contributed by atoms with Crippen molar-refractivity contribution < 1.29 is 28.2 Å². The summed E-state index contributed by atoms with van der Waals surface area (Å²) >= 11 is 1.48. The third kappa shape index (κ3) is 5.93. The number of ether oxygens (including phenoxy) is 1. The van der Waals surface area contributed by atoms with Gasteiger partial charge in [-0.25, -0.2) is 18.7 Å². The molecule has 1 aromatic heterocycles. The maximum atomic E-state index is 15.6. The van der Waals surface area contributed by atoms with Crippen molar-refractivity contribution in [3.8, 4) is 11.3 Å². The molecule has 0 spiro atoms. The minimum Gasteiger partial charge on any atom is -0.396 e. The van der Waals surface area contributed by atoms with Crippen LogP contribution in [0.25, 0.3) is 11.3 Å². The Kier molecular flexibility index (Phi) is 8.70. The smallest absolute Gasteiger partial charge is 0.257 e. The Hall–Kier alpha value is -2.83. The number of halogens is 2. The number of nitrogens with zero attached hydrogens (tertiary/aromatic N) is 3. The van der Waals surface area contributed by atoms with Gasteiger partial charge in [-0.15, -0.1) is 11.8 Å². The first-order chi connectivity index (χ1) is 17.4. The van der Waals surface area contributed by atoms with E-state index in [-0.39, 0.29) is 53.9 Å². The van der Waals surface area contributed by atoms with Crippen LogP contribution in [0.5, 0.6) is 0 Å². The molecule has 2 aliphatic heterocycles. The zero-order chi connectivity index (χ0) is 25.7. The van der Waals surface area contributed by atoms with Crippen molar-refractivity contribution >= 4 is 29.5 Å². The standard InChI is InChI=1S/C24H29F2N5O4S/c1-2-36-19(5-8-32)29-18(33)13-31-12-14-3-4-16(21(26)20(14)23(31)34)22-17(25)11-27-24(30-22)28-15-6-9-35-10-7-15/h3-4,11,15,19,32H,2,5-10,12-13H2,1H3,(H,29,33)(H,27,28,30). The van der Waals surface area contributed by atoms with Crippen LogP contribution in [0.4, 0.5) is 14.7 Å². The second kappa shape index (κ2) is 11.9. The molecule has 0 aliphatic carbocycles. The summed E-state index contributed by atoms with van der Waals surface area (Å²) in [6, 6.07) is 3.01. The number of benzene rings is 1. The lowest BCUT2D eigenvalue weighted by Gasteiger charge is -2.23. The minimum absolute atomic E-state index is 0.0627. The largest absolute Gasteiger partial charge is 0.396 e. The van der Waals surface area contributed by atoms with E-state index in [1.807, 2.05) is 6.92 Å². The summed E-state index contributed by atoms with van der Waals surface area (Å²) in [4.78, 5) is 34.9. The number of fused-ring (bicyclic) bond motifs is 1. The molecule has 12 heteroatoms. The highest BCUT2D eigenvalue weighted by Gasteiger charge is 2.34. The summed E-state index contributed by atoms with van der Waals surface area (Å²) in [6.45, 7) is 2.87. The van der Waals surface area contributed by atoms with E-state index >= 15 is 4.39 Å². The summed E-state index contributed by atoms with van der Waals surface area (Å²) in [5.41, 5.74) is -0.163. The highest BCUT2D eigenvalue weighted by Crippen LogP contribution is 2.33. The van der Waals surface area contributed by atoms with Crippen molar-refractivity contribution in [2.24, 2.45) is 0 Å². The first-order valence-electron chi connectivity index (χ1n) is 11.9. The van der Waals surface area contributed by atoms with Gasteiger partial charge in [-0.2, -0.15) is 0 Å². The SMILES string of the molecule is CCSC(CCO)NC(=O)CN1Cc2ccc(-c3nc(NC4CCOCC4)ncc3F)c(F)c2C1=O. The van der Waals surface area contributed by atoms with Crippen LogP contribution < -0.4 is 10.6 Å². The van der Waals surface area contributed by atoms with E-state index in [1.165, 1.54) is 22.7 Å². The Morgan fingerprint density at radius 2 is 2.11 bits per heavy atom. The number of hydrogen-bond acceptors (Lipinski definition) is 8. The topological polar surface area (TPSA) is 117 Å². The van der Waals surface area contributed by atoms with Crippen molar-refractivity contribution in [2.75, 3.05) is 37.4 Å². The number of carbonyl (C=O) groups is 2. The van der Waals surface area contributed by atoms with Crippen LogP contribution in [-0.4, -0.2) is 75.3 Å². The van der Waals surface area contributed by atoms with Gasteiger partial charge < -0.3 is 25.4 Å². The van der Waals surface area contributed by atoms with Crippen LogP contribution in [0, 0.1) is 11.6 Å². The maximum Gasteiger partial charge on any atom is 0.257 e. The molecule has 36 heavy (non-hydrogen) atoms. The molecule has 0 saturated carbocycles. The van der Waals surface area contributed by atoms with Gasteiger partial charge in [0.05, 0.1) is 17.1 Å². The first kappa shape index (κ1) is 26.2. The zero-order valence-corrected chi connectivity index (χ0v) is 20.7. The zero-order valence-electron chi connectivity index (χ0n) is 19.9. The van der Waals surface area contributed by atoms with Gasteiger partial charge in [0.2, 0.25) is 11.9 Å². The number of aliphatic hydroxyl groups is 1. The molecule has 2 aliphatic rings. The normalized spacial score (nSPS) is 16.7. The predicted octanol–water partition coefficient (Wildman–Crippen LogP) is 2.55. The first-order valence-corrected chi connectivity index (χ1v) is 13.0. The highest BCUT2D eigenvalue weighted by molar-refractivity contribution is 7.99. The molecule has 1 fully saturated rings. The third-order valence-corrected chi connectivity index (χ3v) is 7.15. The number of hydrogen-bond donors (Lipinski definition) is 3. The molecule has 1 saturated heterocycles. The highest BCUT2D eigenvalue weighted by atomic mass is 32.2. The molecular weight excluding hydrogens is 492 g/mol. The van der Waals surface area contributed by atoms with Gasteiger partial charge in [-0.1, -0.05) is 13.0 Å². The monoisotopic (exact) mass is 521 g/mol. The fourth-order valence-corrected chi connectivity index (χ4v) is 5.18. The Labute approximate surface area is 212 Å². The Bertz CT molecular complexity index is 1110. The second-order valence-corrected chi connectivity index (χ2v) is 10.0. The second-order valence-electron chi connectivity index (χ2n) is 8.57. The Balaban J connectivity index is 1.51. The molecular formula is C24H29F2N5O4S. The van der Waals surface area contributed by atoms with E-state index in [4.69, 9.17) is 4.74 Å². The number of carbonyl (C=O) groups excluding carboxylic acids is 2. The van der Waals surface area contributed by atoms with Crippen LogP contribution in [-0.2, 0) is 16.1 Å². The Morgan fingerprint density at radius 3 is 2.83 bits per heavy atom. The van der Waals surface area contributed by atoms with Gasteiger partial charge in [0, 0.05) is 44.4 Å². The number of anilines is 1. The van der Waals surface area contributed by atoms with Crippen molar-refractivity contribution in [1.29, 1.82) is 0 Å². The van der Waals surface area contributed by atoms with E-state index in [0.717, 1.165) is 24.8 Å². The van der Waals surface area contributed by atoms with Crippen molar-refractivity contribution in [3.05, 3.63) is 41.1 Å². The molecule has 0 radical (unpaired) electrons. The molecule has 3 N–H and O–H groups in total. The summed E-state index contributed by atoms with van der Waals surface area (Å²) in [7, 11) is 0. The fourth-order valence-electron chi connectivity index (χ4n) is 4.29. The number of aliphatic hydroxyl groups excluding tert-OH is 1. The van der Waals surface area contributed by atoms with Crippen molar-refractivity contribution in [2.45, 2.75) is 44.1 Å². The Morgan fingerprint density at radius 1 is 1.33 bits per heavy atom. The van der Waals surface area contributed by atoms with E-state index < -0.39 is 23.4 Å². The molecule has 3 heterocycles. The van der Waals surface area contributed by atoms with Crippen LogP contribution >= 0.6 is 11.8 Å². The lowest BCUT2D eigenvalue weighted by atomic mass is 10.0. The van der Waals surface area contributed by atoms with Crippen molar-refractivity contribution in [3.63, 3.8) is 0 Å². The number of nitrogens with one attached hydrogen (secondary N) is 2. The molecule has 0 bridgehead atoms. The van der Waals surface area contributed by atoms with Gasteiger partial charge >= 0.3 is 0 Å². The van der Waals surface area contributed by atoms with E-state index in [1.54, 1.807) is 6.07 Å². The fraction of sp³-hybridized carbons (Fsp3) is 0.500. The van der Waals surface area contributed by atoms with Crippen LogP contribution in [0.2, 0.25) is 0 Å². The molecule has 2 aromatic rings. The summed E-state index contributed by atoms with van der Waals surface area (Å²) in [5, 5.41) is 14.8. The van der Waals surface area contributed by atoms with E-state index in [0.29, 0.717) is 25.2 Å². The molecule has 4 rings (SSSR count). The average molecular weight is 522 g/mol. The number of aromatic nitrogens is 2. The molecule has 1 aromatic carbocycles. The predicted molar refractivity (Wildman–Crippen MR) is 131 cm³/mol. The molecule has 2 amide bonds. The number of thioether (sulfide) groups is 1. The molecule has 1 atom stereocenters. The molecule has 194 valence electrons. The lowest BCUT2D eigenvalue weighted by Crippen LogP contribution is -2.41. The maximum absolute atomic E-state index is 15.6. The summed E-state index contributed by atoms with van der Waals surface area (Å²) in [6.07, 6.45) is 2.86.